The van der Waals surface area contributed by atoms with Gasteiger partial charge in [-0.2, -0.15) is 0 Å². The van der Waals surface area contributed by atoms with Gasteiger partial charge < -0.3 is 19.7 Å². The number of phenolic OH excluding ortho intramolecular Hbond substituents is 2. The fourth-order valence-electron chi connectivity index (χ4n) is 1.91. The molecule has 0 radical (unpaired) electrons. The first-order valence-corrected chi connectivity index (χ1v) is 10.1. The molecule has 0 saturated carbocycles. The Morgan fingerprint density at radius 3 is 1.78 bits per heavy atom. The molecule has 0 bridgehead atoms. The summed E-state index contributed by atoms with van der Waals surface area (Å²) in [5.74, 6) is -0.228. The second-order valence-electron chi connectivity index (χ2n) is 5.55. The highest BCUT2D eigenvalue weighted by Gasteiger charge is 2.13. The van der Waals surface area contributed by atoms with Crippen LogP contribution in [0.15, 0.2) is 58.3 Å². The van der Waals surface area contributed by atoms with Gasteiger partial charge in [0.15, 0.2) is 0 Å². The molecule has 2 aromatic rings. The van der Waals surface area contributed by atoms with Gasteiger partial charge in [-0.15, -0.1) is 23.5 Å². The van der Waals surface area contributed by atoms with E-state index in [1.807, 2.05) is 0 Å². The van der Waals surface area contributed by atoms with Gasteiger partial charge in [-0.05, 0) is 55.5 Å². The van der Waals surface area contributed by atoms with E-state index in [1.54, 1.807) is 55.5 Å². The maximum Gasteiger partial charge on any atom is 0.316 e. The Morgan fingerprint density at radius 1 is 0.852 bits per heavy atom. The molecule has 2 N–H and O–H groups in total. The van der Waals surface area contributed by atoms with Gasteiger partial charge in [-0.25, -0.2) is 0 Å². The van der Waals surface area contributed by atoms with E-state index in [2.05, 4.69) is 0 Å². The average Bonchev–Trinajstić information content (AvgIpc) is 2.65. The Kier molecular flexibility index (Phi) is 8.35. The summed E-state index contributed by atoms with van der Waals surface area (Å²) in [4.78, 5) is 25.3. The van der Waals surface area contributed by atoms with E-state index < -0.39 is 18.0 Å². The number of hydrogen-bond acceptors (Lipinski definition) is 8. The first-order valence-electron chi connectivity index (χ1n) is 8.11. The second-order valence-corrected chi connectivity index (χ2v) is 7.65. The van der Waals surface area contributed by atoms with Crippen molar-refractivity contribution in [3.05, 3.63) is 48.5 Å². The summed E-state index contributed by atoms with van der Waals surface area (Å²) in [6.45, 7) is 1.65. The van der Waals surface area contributed by atoms with Crippen molar-refractivity contribution in [2.24, 2.45) is 0 Å². The number of hydrogen-bond donors (Lipinski definition) is 2. The quantitative estimate of drug-likeness (QED) is 0.481. The predicted molar refractivity (Wildman–Crippen MR) is 104 cm³/mol. The van der Waals surface area contributed by atoms with Gasteiger partial charge in [-0.1, -0.05) is 0 Å². The molecule has 27 heavy (non-hydrogen) atoms. The zero-order valence-corrected chi connectivity index (χ0v) is 16.3. The Labute approximate surface area is 165 Å². The minimum Gasteiger partial charge on any atom is -0.508 e. The summed E-state index contributed by atoms with van der Waals surface area (Å²) in [5.41, 5.74) is 0. The predicted octanol–water partition coefficient (Wildman–Crippen LogP) is 3.46. The lowest BCUT2D eigenvalue weighted by Crippen LogP contribution is -2.23. The first kappa shape index (κ1) is 21.0. The van der Waals surface area contributed by atoms with Crippen LogP contribution in [0, 0.1) is 0 Å². The molecule has 0 saturated heterocycles. The molecule has 144 valence electrons. The van der Waals surface area contributed by atoms with Gasteiger partial charge >= 0.3 is 11.9 Å². The number of esters is 2. The van der Waals surface area contributed by atoms with E-state index in [0.29, 0.717) is 0 Å². The van der Waals surface area contributed by atoms with Crippen LogP contribution in [0.2, 0.25) is 0 Å². The minimum atomic E-state index is -0.541. The summed E-state index contributed by atoms with van der Waals surface area (Å²) in [5, 5.41) is 18.4. The maximum atomic E-state index is 11.8. The number of ether oxygens (including phenoxy) is 2. The zero-order chi connectivity index (χ0) is 19.6. The van der Waals surface area contributed by atoms with E-state index >= 15 is 0 Å². The van der Waals surface area contributed by atoms with Crippen molar-refractivity contribution in [2.45, 2.75) is 22.8 Å². The second kappa shape index (κ2) is 10.7. The Balaban J connectivity index is 1.62. The molecule has 8 heteroatoms. The molecule has 0 amide bonds. The Bertz CT molecular complexity index is 746. The summed E-state index contributed by atoms with van der Waals surface area (Å²) >= 11 is 2.59. The highest BCUT2D eigenvalue weighted by molar-refractivity contribution is 8.00. The third-order valence-electron chi connectivity index (χ3n) is 3.20. The molecule has 0 heterocycles. The van der Waals surface area contributed by atoms with Crippen molar-refractivity contribution >= 4 is 35.5 Å². The number of carbonyl (C=O) groups excluding carboxylic acids is 2. The van der Waals surface area contributed by atoms with Gasteiger partial charge in [0.2, 0.25) is 0 Å². The lowest BCUT2D eigenvalue weighted by atomic mass is 10.3. The molecule has 0 spiro atoms. The van der Waals surface area contributed by atoms with Crippen molar-refractivity contribution in [1.82, 2.24) is 0 Å². The molecule has 2 rings (SSSR count). The van der Waals surface area contributed by atoms with Crippen molar-refractivity contribution < 1.29 is 29.3 Å². The summed E-state index contributed by atoms with van der Waals surface area (Å²) < 4.78 is 10.3. The molecule has 1 unspecified atom stereocenters. The van der Waals surface area contributed by atoms with Crippen molar-refractivity contribution in [3.8, 4) is 11.5 Å². The van der Waals surface area contributed by atoms with Crippen LogP contribution in [-0.2, 0) is 19.1 Å². The largest absolute Gasteiger partial charge is 0.508 e. The molecular weight excluding hydrogens is 388 g/mol. The molecule has 0 aromatic heterocycles. The average molecular weight is 408 g/mol. The number of benzene rings is 2. The molecule has 1 atom stereocenters. The molecule has 2 aromatic carbocycles. The van der Waals surface area contributed by atoms with E-state index in [1.165, 1.54) is 23.5 Å². The molecule has 0 aliphatic heterocycles. The smallest absolute Gasteiger partial charge is 0.316 e. The fourth-order valence-corrected chi connectivity index (χ4v) is 3.29. The number of rotatable bonds is 9. The summed E-state index contributed by atoms with van der Waals surface area (Å²) in [6, 6.07) is 13.0. The fraction of sp³-hybridized carbons (Fsp3) is 0.263. The Hall–Kier alpha value is -2.32. The normalized spacial score (nSPS) is 11.6. The SMILES string of the molecule is CC(COC(=O)CSc1ccc(O)cc1)OC(=O)CSc1ccc(O)cc1. The van der Waals surface area contributed by atoms with Gasteiger partial charge in [0.05, 0.1) is 11.5 Å². The molecule has 0 aliphatic rings. The maximum absolute atomic E-state index is 11.8. The number of thioether (sulfide) groups is 2. The van der Waals surface area contributed by atoms with Crippen LogP contribution in [0.1, 0.15) is 6.92 Å². The molecular formula is C19H20O6S2. The Morgan fingerprint density at radius 2 is 1.30 bits per heavy atom. The molecule has 6 nitrogen and oxygen atoms in total. The third kappa shape index (κ3) is 8.27. The van der Waals surface area contributed by atoms with E-state index in [4.69, 9.17) is 9.47 Å². The summed E-state index contributed by atoms with van der Waals surface area (Å²) in [7, 11) is 0. The van der Waals surface area contributed by atoms with Crippen LogP contribution in [0.25, 0.3) is 0 Å². The van der Waals surface area contributed by atoms with Crippen LogP contribution < -0.4 is 0 Å². The number of aromatic hydroxyl groups is 2. The highest BCUT2D eigenvalue weighted by atomic mass is 32.2. The van der Waals surface area contributed by atoms with Gasteiger partial charge in [0.1, 0.15) is 24.2 Å². The molecule has 0 fully saturated rings. The van der Waals surface area contributed by atoms with Crippen molar-refractivity contribution in [3.63, 3.8) is 0 Å². The van der Waals surface area contributed by atoms with Gasteiger partial charge in [0, 0.05) is 9.79 Å². The summed E-state index contributed by atoms with van der Waals surface area (Å²) in [6.07, 6.45) is -0.541. The van der Waals surface area contributed by atoms with E-state index in [-0.39, 0.29) is 29.6 Å². The van der Waals surface area contributed by atoms with Crippen LogP contribution in [0.4, 0.5) is 0 Å². The van der Waals surface area contributed by atoms with Crippen molar-refractivity contribution in [1.29, 1.82) is 0 Å². The zero-order valence-electron chi connectivity index (χ0n) is 14.7. The first-order chi connectivity index (χ1) is 12.9. The lowest BCUT2D eigenvalue weighted by molar-refractivity contribution is -0.154. The monoisotopic (exact) mass is 408 g/mol. The van der Waals surface area contributed by atoms with Gasteiger partial charge in [-0.3, -0.25) is 9.59 Å². The van der Waals surface area contributed by atoms with Crippen LogP contribution in [0.5, 0.6) is 11.5 Å². The van der Waals surface area contributed by atoms with E-state index in [0.717, 1.165) is 9.79 Å². The van der Waals surface area contributed by atoms with Gasteiger partial charge in [0.25, 0.3) is 0 Å². The number of carbonyl (C=O) groups is 2. The minimum absolute atomic E-state index is 0.00934. The third-order valence-corrected chi connectivity index (χ3v) is 5.17. The number of phenols is 2. The topological polar surface area (TPSA) is 93.1 Å². The van der Waals surface area contributed by atoms with E-state index in [9.17, 15) is 19.8 Å². The van der Waals surface area contributed by atoms with Crippen molar-refractivity contribution in [2.75, 3.05) is 18.1 Å². The highest BCUT2D eigenvalue weighted by Crippen LogP contribution is 2.22. The van der Waals surface area contributed by atoms with Crippen LogP contribution in [0.3, 0.4) is 0 Å². The van der Waals surface area contributed by atoms with Crippen LogP contribution >= 0.6 is 23.5 Å². The standard InChI is InChI=1S/C19H20O6S2/c1-13(25-19(23)12-27-17-8-4-15(21)5-9-17)10-24-18(22)11-26-16-6-2-14(20)3-7-16/h2-9,13,20-21H,10-12H2,1H3. The van der Waals surface area contributed by atoms with Crippen LogP contribution in [-0.4, -0.2) is 46.4 Å². The lowest BCUT2D eigenvalue weighted by Gasteiger charge is -2.13. The molecule has 0 aliphatic carbocycles.